The van der Waals surface area contributed by atoms with Crippen molar-refractivity contribution >= 4 is 0 Å². The molecule has 94 valence electrons. The highest BCUT2D eigenvalue weighted by Crippen LogP contribution is 2.51. The zero-order valence-corrected chi connectivity index (χ0v) is 11.6. The summed E-state index contributed by atoms with van der Waals surface area (Å²) in [7, 11) is 0. The summed E-state index contributed by atoms with van der Waals surface area (Å²) in [4.78, 5) is 0. The van der Waals surface area contributed by atoms with E-state index in [0.29, 0.717) is 0 Å². The van der Waals surface area contributed by atoms with Gasteiger partial charge in [-0.25, -0.2) is 0 Å². The lowest BCUT2D eigenvalue weighted by Gasteiger charge is -2.47. The van der Waals surface area contributed by atoms with Crippen LogP contribution in [0.4, 0.5) is 0 Å². The number of fused-ring (bicyclic) bond motifs is 2. The normalized spacial score (nSPS) is 40.7. The number of hydrogen-bond donors (Lipinski definition) is 0. The van der Waals surface area contributed by atoms with Crippen LogP contribution >= 0.6 is 0 Å². The molecule has 0 nitrogen and oxygen atoms in total. The van der Waals surface area contributed by atoms with Gasteiger partial charge in [0.15, 0.2) is 0 Å². The van der Waals surface area contributed by atoms with Gasteiger partial charge in [-0.15, -0.1) is 0 Å². The zero-order chi connectivity index (χ0) is 11.6. The first-order chi connectivity index (χ1) is 7.61. The van der Waals surface area contributed by atoms with Gasteiger partial charge in [0.05, 0.1) is 0 Å². The van der Waals surface area contributed by atoms with Gasteiger partial charge in [0, 0.05) is 0 Å². The first-order valence-corrected chi connectivity index (χ1v) is 7.61. The minimum absolute atomic E-state index is 0.734. The van der Waals surface area contributed by atoms with Crippen LogP contribution in [0.1, 0.15) is 78.6 Å². The van der Waals surface area contributed by atoms with E-state index in [0.717, 1.165) is 23.2 Å². The molecule has 0 radical (unpaired) electrons. The van der Waals surface area contributed by atoms with E-state index in [1.807, 2.05) is 0 Å². The lowest BCUT2D eigenvalue weighted by molar-refractivity contribution is 0.0462. The Morgan fingerprint density at radius 1 is 1.31 bits per heavy atom. The summed E-state index contributed by atoms with van der Waals surface area (Å²) in [5.41, 5.74) is 0.734. The van der Waals surface area contributed by atoms with Crippen LogP contribution in [0.3, 0.4) is 0 Å². The fourth-order valence-corrected chi connectivity index (χ4v) is 4.72. The molecule has 0 aromatic carbocycles. The van der Waals surface area contributed by atoms with E-state index in [2.05, 4.69) is 20.8 Å². The average Bonchev–Trinajstić information content (AvgIpc) is 2.15. The largest absolute Gasteiger partial charge is 0.0654 e. The Morgan fingerprint density at radius 3 is 2.81 bits per heavy atom. The molecule has 0 heterocycles. The molecule has 2 fully saturated rings. The van der Waals surface area contributed by atoms with Crippen molar-refractivity contribution in [2.24, 2.45) is 23.2 Å². The SMILES string of the molecule is CCCC(C)CC1CC2CCCC(C)(C2)C1. The van der Waals surface area contributed by atoms with Gasteiger partial charge in [0.2, 0.25) is 0 Å². The molecule has 0 aliphatic heterocycles. The Morgan fingerprint density at radius 2 is 2.12 bits per heavy atom. The fraction of sp³-hybridized carbons (Fsp3) is 1.00. The minimum atomic E-state index is 0.734. The Kier molecular flexibility index (Phi) is 3.97. The van der Waals surface area contributed by atoms with Crippen molar-refractivity contribution in [3.05, 3.63) is 0 Å². The lowest BCUT2D eigenvalue weighted by Crippen LogP contribution is -2.35. The predicted octanol–water partition coefficient (Wildman–Crippen LogP) is 5.42. The smallest absolute Gasteiger partial charge is 0.0321 e. The third-order valence-electron chi connectivity index (χ3n) is 5.14. The van der Waals surface area contributed by atoms with E-state index < -0.39 is 0 Å². The van der Waals surface area contributed by atoms with Gasteiger partial charge in [-0.3, -0.25) is 0 Å². The van der Waals surface area contributed by atoms with Crippen molar-refractivity contribution < 1.29 is 0 Å². The van der Waals surface area contributed by atoms with E-state index in [-0.39, 0.29) is 0 Å². The maximum Gasteiger partial charge on any atom is -0.0321 e. The van der Waals surface area contributed by atoms with Gasteiger partial charge in [-0.2, -0.15) is 0 Å². The lowest BCUT2D eigenvalue weighted by atomic mass is 9.59. The minimum Gasteiger partial charge on any atom is -0.0654 e. The third-order valence-corrected chi connectivity index (χ3v) is 5.14. The molecule has 2 aliphatic carbocycles. The van der Waals surface area contributed by atoms with Gasteiger partial charge in [-0.1, -0.05) is 46.5 Å². The number of hydrogen-bond acceptors (Lipinski definition) is 0. The van der Waals surface area contributed by atoms with Crippen LogP contribution in [0.25, 0.3) is 0 Å². The maximum absolute atomic E-state index is 2.57. The van der Waals surface area contributed by atoms with Gasteiger partial charge in [0.25, 0.3) is 0 Å². The van der Waals surface area contributed by atoms with Crippen LogP contribution in [0.5, 0.6) is 0 Å². The summed E-state index contributed by atoms with van der Waals surface area (Å²) in [6.45, 7) is 7.36. The molecule has 0 spiro atoms. The third kappa shape index (κ3) is 3.02. The summed E-state index contributed by atoms with van der Waals surface area (Å²) in [5.74, 6) is 3.12. The molecule has 0 heteroatoms. The summed E-state index contributed by atoms with van der Waals surface area (Å²) in [6.07, 6.45) is 13.5. The molecule has 16 heavy (non-hydrogen) atoms. The Labute approximate surface area is 102 Å². The molecule has 2 saturated carbocycles. The standard InChI is InChI=1S/C16H30/c1-4-6-13(2)9-15-10-14-7-5-8-16(3,11-14)12-15/h13-15H,4-12H2,1-3H3. The van der Waals surface area contributed by atoms with Crippen LogP contribution in [0.2, 0.25) is 0 Å². The van der Waals surface area contributed by atoms with E-state index in [1.165, 1.54) is 44.9 Å². The van der Waals surface area contributed by atoms with E-state index in [9.17, 15) is 0 Å². The average molecular weight is 222 g/mol. The van der Waals surface area contributed by atoms with Crippen LogP contribution < -0.4 is 0 Å². The second-order valence-corrected chi connectivity index (χ2v) is 7.21. The summed E-state index contributed by atoms with van der Waals surface area (Å²) < 4.78 is 0. The monoisotopic (exact) mass is 222 g/mol. The summed E-state index contributed by atoms with van der Waals surface area (Å²) in [5, 5.41) is 0. The Hall–Kier alpha value is 0. The van der Waals surface area contributed by atoms with Crippen molar-refractivity contribution in [1.82, 2.24) is 0 Å². The second-order valence-electron chi connectivity index (χ2n) is 7.21. The van der Waals surface area contributed by atoms with Crippen LogP contribution in [-0.4, -0.2) is 0 Å². The van der Waals surface area contributed by atoms with Gasteiger partial charge < -0.3 is 0 Å². The molecular weight excluding hydrogens is 192 g/mol. The second kappa shape index (κ2) is 5.10. The topological polar surface area (TPSA) is 0 Å². The van der Waals surface area contributed by atoms with Crippen molar-refractivity contribution in [3.8, 4) is 0 Å². The first kappa shape index (κ1) is 12.5. The Balaban J connectivity index is 1.87. The molecule has 2 bridgehead atoms. The van der Waals surface area contributed by atoms with E-state index in [1.54, 1.807) is 12.8 Å². The van der Waals surface area contributed by atoms with Gasteiger partial charge in [-0.05, 0) is 55.3 Å². The molecular formula is C16H30. The molecule has 0 saturated heterocycles. The molecule has 0 aromatic heterocycles. The molecule has 2 aliphatic rings. The molecule has 0 amide bonds. The predicted molar refractivity (Wildman–Crippen MR) is 71.5 cm³/mol. The quantitative estimate of drug-likeness (QED) is 0.596. The molecule has 4 atom stereocenters. The summed E-state index contributed by atoms with van der Waals surface area (Å²) in [6, 6.07) is 0. The van der Waals surface area contributed by atoms with E-state index in [4.69, 9.17) is 0 Å². The zero-order valence-electron chi connectivity index (χ0n) is 11.6. The molecule has 2 rings (SSSR count). The molecule has 0 aromatic rings. The molecule has 0 N–H and O–H groups in total. The van der Waals surface area contributed by atoms with Crippen molar-refractivity contribution in [2.75, 3.05) is 0 Å². The van der Waals surface area contributed by atoms with Crippen molar-refractivity contribution in [2.45, 2.75) is 78.6 Å². The molecule has 4 unspecified atom stereocenters. The Bertz CT molecular complexity index is 220. The van der Waals surface area contributed by atoms with Crippen LogP contribution in [-0.2, 0) is 0 Å². The van der Waals surface area contributed by atoms with Crippen LogP contribution in [0, 0.1) is 23.2 Å². The number of rotatable bonds is 4. The highest BCUT2D eigenvalue weighted by atomic mass is 14.4. The highest BCUT2D eigenvalue weighted by molar-refractivity contribution is 4.91. The van der Waals surface area contributed by atoms with Gasteiger partial charge >= 0.3 is 0 Å². The maximum atomic E-state index is 2.57. The first-order valence-electron chi connectivity index (χ1n) is 7.61. The van der Waals surface area contributed by atoms with Crippen molar-refractivity contribution in [1.29, 1.82) is 0 Å². The summed E-state index contributed by atoms with van der Waals surface area (Å²) >= 11 is 0. The van der Waals surface area contributed by atoms with Gasteiger partial charge in [0.1, 0.15) is 0 Å². The van der Waals surface area contributed by atoms with Crippen molar-refractivity contribution in [3.63, 3.8) is 0 Å². The fourth-order valence-electron chi connectivity index (χ4n) is 4.72. The highest BCUT2D eigenvalue weighted by Gasteiger charge is 2.39. The van der Waals surface area contributed by atoms with E-state index >= 15 is 0 Å². The van der Waals surface area contributed by atoms with Crippen LogP contribution in [0.15, 0.2) is 0 Å².